The maximum absolute atomic E-state index is 13.0. The monoisotopic (exact) mass is 301 g/mol. The second-order valence-electron chi connectivity index (χ2n) is 5.56. The first-order valence-electron chi connectivity index (χ1n) is 7.07. The number of nitrogens with one attached hydrogen (secondary N) is 1. The molecule has 1 spiro atoms. The van der Waals surface area contributed by atoms with Gasteiger partial charge in [-0.25, -0.2) is 0 Å². The van der Waals surface area contributed by atoms with Crippen molar-refractivity contribution < 1.29 is 22.6 Å². The fourth-order valence-electron chi connectivity index (χ4n) is 3.20. The number of alkyl halides is 3. The summed E-state index contributed by atoms with van der Waals surface area (Å²) in [5.41, 5.74) is 0.305. The van der Waals surface area contributed by atoms with Crippen LogP contribution in [0.3, 0.4) is 0 Å². The molecule has 1 saturated heterocycles. The number of likely N-dealkylation sites (N-methyl/N-ethyl adjacent to an activating group) is 1. The first-order valence-corrected chi connectivity index (χ1v) is 7.07. The van der Waals surface area contributed by atoms with Crippen LogP contribution in [0.25, 0.3) is 0 Å². The molecule has 2 aliphatic heterocycles. The van der Waals surface area contributed by atoms with E-state index in [2.05, 4.69) is 5.32 Å². The van der Waals surface area contributed by atoms with Crippen molar-refractivity contribution in [3.05, 3.63) is 34.9 Å². The molecule has 0 bridgehead atoms. The molecule has 0 aliphatic carbocycles. The van der Waals surface area contributed by atoms with Gasteiger partial charge in [-0.3, -0.25) is 0 Å². The summed E-state index contributed by atoms with van der Waals surface area (Å²) in [6, 6.07) is 3.92. The first kappa shape index (κ1) is 14.8. The lowest BCUT2D eigenvalue weighted by molar-refractivity contribution is -0.140. The standard InChI is InChI=1S/C15H18F3NO2/c1-19-13-9-21-14(4-6-20-7-5-14)12-8-10(15(16,17)18)2-3-11(12)13/h2-3,8,13,19H,4-7,9H2,1H3. The van der Waals surface area contributed by atoms with Crippen molar-refractivity contribution in [3.8, 4) is 0 Å². The van der Waals surface area contributed by atoms with Gasteiger partial charge in [0.05, 0.1) is 23.8 Å². The van der Waals surface area contributed by atoms with E-state index in [9.17, 15) is 13.2 Å². The molecule has 6 heteroatoms. The van der Waals surface area contributed by atoms with E-state index in [0.717, 1.165) is 11.6 Å². The van der Waals surface area contributed by atoms with E-state index in [1.54, 1.807) is 13.1 Å². The maximum Gasteiger partial charge on any atom is 0.416 e. The lowest BCUT2D eigenvalue weighted by Gasteiger charge is -2.44. The van der Waals surface area contributed by atoms with Gasteiger partial charge in [-0.1, -0.05) is 6.07 Å². The molecule has 21 heavy (non-hydrogen) atoms. The summed E-state index contributed by atoms with van der Waals surface area (Å²) in [5, 5.41) is 3.10. The Labute approximate surface area is 121 Å². The molecule has 2 heterocycles. The number of halogens is 3. The molecule has 1 aromatic rings. The Morgan fingerprint density at radius 1 is 1.24 bits per heavy atom. The maximum atomic E-state index is 13.0. The topological polar surface area (TPSA) is 30.5 Å². The molecule has 2 aliphatic rings. The van der Waals surface area contributed by atoms with Crippen molar-refractivity contribution in [3.63, 3.8) is 0 Å². The molecule has 1 N–H and O–H groups in total. The summed E-state index contributed by atoms with van der Waals surface area (Å²) in [7, 11) is 1.79. The summed E-state index contributed by atoms with van der Waals surface area (Å²) in [4.78, 5) is 0. The predicted molar refractivity (Wildman–Crippen MR) is 70.9 cm³/mol. The molecule has 3 nitrogen and oxygen atoms in total. The third kappa shape index (κ3) is 2.56. The van der Waals surface area contributed by atoms with Crippen LogP contribution in [0.1, 0.15) is 35.6 Å². The Morgan fingerprint density at radius 3 is 2.57 bits per heavy atom. The molecule has 1 aromatic carbocycles. The van der Waals surface area contributed by atoms with Gasteiger partial charge in [0.25, 0.3) is 0 Å². The lowest BCUT2D eigenvalue weighted by atomic mass is 9.78. The third-order valence-electron chi connectivity index (χ3n) is 4.42. The van der Waals surface area contributed by atoms with Crippen molar-refractivity contribution in [2.75, 3.05) is 26.9 Å². The van der Waals surface area contributed by atoms with Crippen LogP contribution in [-0.4, -0.2) is 26.9 Å². The molecule has 1 unspecified atom stereocenters. The highest BCUT2D eigenvalue weighted by molar-refractivity contribution is 5.41. The molecule has 0 amide bonds. The molecular formula is C15H18F3NO2. The van der Waals surface area contributed by atoms with Crippen LogP contribution in [0.4, 0.5) is 13.2 Å². The average Bonchev–Trinajstić information content (AvgIpc) is 2.48. The second-order valence-corrected chi connectivity index (χ2v) is 5.56. The summed E-state index contributed by atoms with van der Waals surface area (Å²) < 4.78 is 50.4. The van der Waals surface area contributed by atoms with Crippen molar-refractivity contribution in [1.82, 2.24) is 5.32 Å². The minimum atomic E-state index is -4.34. The van der Waals surface area contributed by atoms with Crippen LogP contribution in [0.2, 0.25) is 0 Å². The van der Waals surface area contributed by atoms with Gasteiger partial charge in [-0.2, -0.15) is 13.2 Å². The highest BCUT2D eigenvalue weighted by Crippen LogP contribution is 2.45. The van der Waals surface area contributed by atoms with E-state index in [1.165, 1.54) is 6.07 Å². The Morgan fingerprint density at radius 2 is 1.95 bits per heavy atom. The summed E-state index contributed by atoms with van der Waals surface area (Å²) in [6.45, 7) is 1.49. The van der Waals surface area contributed by atoms with Gasteiger partial charge in [0.1, 0.15) is 0 Å². The van der Waals surface area contributed by atoms with E-state index >= 15 is 0 Å². The number of hydrogen-bond donors (Lipinski definition) is 1. The van der Waals surface area contributed by atoms with Crippen LogP contribution in [0.15, 0.2) is 18.2 Å². The fourth-order valence-corrected chi connectivity index (χ4v) is 3.20. The van der Waals surface area contributed by atoms with Gasteiger partial charge in [0.15, 0.2) is 0 Å². The Hall–Kier alpha value is -1.11. The van der Waals surface area contributed by atoms with Gasteiger partial charge in [-0.05, 0) is 30.3 Å². The number of ether oxygens (including phenoxy) is 2. The molecule has 0 saturated carbocycles. The average molecular weight is 301 g/mol. The molecule has 1 fully saturated rings. The molecule has 3 rings (SSSR count). The van der Waals surface area contributed by atoms with Crippen LogP contribution in [-0.2, 0) is 21.3 Å². The third-order valence-corrected chi connectivity index (χ3v) is 4.42. The van der Waals surface area contributed by atoms with Gasteiger partial charge < -0.3 is 14.8 Å². The molecule has 0 radical (unpaired) electrons. The summed E-state index contributed by atoms with van der Waals surface area (Å²) >= 11 is 0. The van der Waals surface area contributed by atoms with E-state index in [0.29, 0.717) is 38.2 Å². The predicted octanol–water partition coefficient (Wildman–Crippen LogP) is 3.00. The van der Waals surface area contributed by atoms with Crippen LogP contribution in [0.5, 0.6) is 0 Å². The van der Waals surface area contributed by atoms with Crippen molar-refractivity contribution in [2.45, 2.75) is 30.7 Å². The SMILES string of the molecule is CNC1COC2(CCOCC2)c2cc(C(F)(F)F)ccc21. The Kier molecular flexibility index (Phi) is 3.71. The van der Waals surface area contributed by atoms with Gasteiger partial charge >= 0.3 is 6.18 Å². The fraction of sp³-hybridized carbons (Fsp3) is 0.600. The van der Waals surface area contributed by atoms with E-state index < -0.39 is 17.3 Å². The first-order chi connectivity index (χ1) is 9.96. The molecule has 0 aromatic heterocycles. The molecular weight excluding hydrogens is 283 g/mol. The second kappa shape index (κ2) is 5.26. The highest BCUT2D eigenvalue weighted by Gasteiger charge is 2.43. The highest BCUT2D eigenvalue weighted by atomic mass is 19.4. The van der Waals surface area contributed by atoms with Crippen molar-refractivity contribution in [2.24, 2.45) is 0 Å². The van der Waals surface area contributed by atoms with Crippen LogP contribution in [0, 0.1) is 0 Å². The normalized spacial score (nSPS) is 24.9. The van der Waals surface area contributed by atoms with Gasteiger partial charge in [0, 0.05) is 26.1 Å². The molecule has 116 valence electrons. The minimum absolute atomic E-state index is 0.0734. The van der Waals surface area contributed by atoms with Gasteiger partial charge in [0.2, 0.25) is 0 Å². The van der Waals surface area contributed by atoms with E-state index in [4.69, 9.17) is 9.47 Å². The Bertz CT molecular complexity index is 524. The smallest absolute Gasteiger partial charge is 0.381 e. The zero-order valence-corrected chi connectivity index (χ0v) is 11.8. The van der Waals surface area contributed by atoms with Crippen molar-refractivity contribution in [1.29, 1.82) is 0 Å². The number of rotatable bonds is 1. The lowest BCUT2D eigenvalue weighted by Crippen LogP contribution is -2.44. The number of fused-ring (bicyclic) bond motifs is 2. The van der Waals surface area contributed by atoms with Crippen LogP contribution < -0.4 is 5.32 Å². The summed E-state index contributed by atoms with van der Waals surface area (Å²) in [5.74, 6) is 0. The minimum Gasteiger partial charge on any atom is -0.381 e. The van der Waals surface area contributed by atoms with E-state index in [1.807, 2.05) is 0 Å². The number of hydrogen-bond acceptors (Lipinski definition) is 3. The largest absolute Gasteiger partial charge is 0.416 e. The quantitative estimate of drug-likeness (QED) is 0.865. The van der Waals surface area contributed by atoms with Gasteiger partial charge in [-0.15, -0.1) is 0 Å². The van der Waals surface area contributed by atoms with Crippen LogP contribution >= 0.6 is 0 Å². The molecule has 1 atom stereocenters. The van der Waals surface area contributed by atoms with Crippen molar-refractivity contribution >= 4 is 0 Å². The Balaban J connectivity index is 2.10. The number of benzene rings is 1. The zero-order valence-electron chi connectivity index (χ0n) is 11.8. The summed E-state index contributed by atoms with van der Waals surface area (Å²) in [6.07, 6.45) is -3.15. The van der Waals surface area contributed by atoms with E-state index in [-0.39, 0.29) is 6.04 Å². The zero-order chi connectivity index (χ0) is 15.1.